The molecule has 8 heteroatoms. The molecule has 1 aromatic rings. The van der Waals surface area contributed by atoms with Crippen molar-refractivity contribution >= 4 is 23.5 Å². The molecule has 2 atom stereocenters. The SMILES string of the molecule is CCOC(=O)[C@@H](CCCCC1CCNCC1)N[C@H]1CCc2ccccc2N(CC(=O)O)C1=O. The van der Waals surface area contributed by atoms with E-state index >= 15 is 0 Å². The molecule has 0 unspecified atom stereocenters. The molecule has 3 rings (SSSR count). The first kappa shape index (κ1) is 25.2. The lowest BCUT2D eigenvalue weighted by atomic mass is 9.91. The fourth-order valence-electron chi connectivity index (χ4n) is 4.88. The Labute approximate surface area is 196 Å². The van der Waals surface area contributed by atoms with Crippen molar-refractivity contribution in [3.05, 3.63) is 29.8 Å². The molecule has 1 aromatic carbocycles. The summed E-state index contributed by atoms with van der Waals surface area (Å²) in [5.41, 5.74) is 1.56. The summed E-state index contributed by atoms with van der Waals surface area (Å²) in [5.74, 6) is -0.990. The molecule has 1 saturated heterocycles. The van der Waals surface area contributed by atoms with Gasteiger partial charge in [-0.05, 0) is 69.7 Å². The van der Waals surface area contributed by atoms with Gasteiger partial charge in [0, 0.05) is 5.69 Å². The Hall–Kier alpha value is -2.45. The number of hydrogen-bond donors (Lipinski definition) is 3. The van der Waals surface area contributed by atoms with Gasteiger partial charge in [0.25, 0.3) is 0 Å². The first-order valence-electron chi connectivity index (χ1n) is 12.2. The predicted octanol–water partition coefficient (Wildman–Crippen LogP) is 2.50. The van der Waals surface area contributed by atoms with Crippen LogP contribution in [0.1, 0.15) is 57.4 Å². The molecule has 1 amide bonds. The topological polar surface area (TPSA) is 108 Å². The van der Waals surface area contributed by atoms with Crippen LogP contribution in [0.15, 0.2) is 24.3 Å². The van der Waals surface area contributed by atoms with E-state index in [9.17, 15) is 19.5 Å². The van der Waals surface area contributed by atoms with E-state index in [0.717, 1.165) is 43.8 Å². The number of esters is 1. The molecule has 0 aromatic heterocycles. The van der Waals surface area contributed by atoms with Gasteiger partial charge in [-0.3, -0.25) is 24.6 Å². The number of anilines is 1. The zero-order valence-electron chi connectivity index (χ0n) is 19.6. The molecule has 3 N–H and O–H groups in total. The number of nitrogens with zero attached hydrogens (tertiary/aromatic N) is 1. The van der Waals surface area contributed by atoms with Crippen LogP contribution in [0.5, 0.6) is 0 Å². The van der Waals surface area contributed by atoms with Crippen molar-refractivity contribution in [3.63, 3.8) is 0 Å². The molecule has 33 heavy (non-hydrogen) atoms. The number of rotatable bonds is 11. The van der Waals surface area contributed by atoms with E-state index in [1.807, 2.05) is 12.1 Å². The summed E-state index contributed by atoms with van der Waals surface area (Å²) >= 11 is 0. The van der Waals surface area contributed by atoms with E-state index in [2.05, 4.69) is 10.6 Å². The van der Waals surface area contributed by atoms with Gasteiger partial charge < -0.3 is 15.2 Å². The monoisotopic (exact) mass is 459 g/mol. The van der Waals surface area contributed by atoms with Gasteiger partial charge in [0.2, 0.25) is 5.91 Å². The molecular weight excluding hydrogens is 422 g/mol. The normalized spacial score (nSPS) is 20.1. The van der Waals surface area contributed by atoms with Crippen LogP contribution in [0.2, 0.25) is 0 Å². The number of benzene rings is 1. The van der Waals surface area contributed by atoms with Gasteiger partial charge in [0.05, 0.1) is 12.6 Å². The zero-order valence-corrected chi connectivity index (χ0v) is 19.6. The Morgan fingerprint density at radius 3 is 2.70 bits per heavy atom. The highest BCUT2D eigenvalue weighted by Crippen LogP contribution is 2.27. The lowest BCUT2D eigenvalue weighted by Crippen LogP contribution is -2.53. The third-order valence-corrected chi connectivity index (χ3v) is 6.63. The Bertz CT molecular complexity index is 809. The number of aryl methyl sites for hydroxylation is 1. The second kappa shape index (κ2) is 12.7. The lowest BCUT2D eigenvalue weighted by Gasteiger charge is -2.27. The second-order valence-electron chi connectivity index (χ2n) is 8.99. The number of carbonyl (C=O) groups excluding carboxylic acids is 2. The van der Waals surface area contributed by atoms with Crippen molar-refractivity contribution in [2.24, 2.45) is 5.92 Å². The molecule has 0 spiro atoms. The van der Waals surface area contributed by atoms with Crippen molar-refractivity contribution in [3.8, 4) is 0 Å². The summed E-state index contributed by atoms with van der Waals surface area (Å²) in [4.78, 5) is 38.8. The van der Waals surface area contributed by atoms with E-state index in [4.69, 9.17) is 4.74 Å². The van der Waals surface area contributed by atoms with E-state index in [1.54, 1.807) is 19.1 Å². The van der Waals surface area contributed by atoms with Crippen molar-refractivity contribution in [2.45, 2.75) is 70.4 Å². The van der Waals surface area contributed by atoms with Crippen LogP contribution in [-0.2, 0) is 25.5 Å². The number of carboxylic acids is 1. The fraction of sp³-hybridized carbons (Fsp3) is 0.640. The average molecular weight is 460 g/mol. The number of amides is 1. The number of para-hydroxylation sites is 1. The van der Waals surface area contributed by atoms with E-state index < -0.39 is 24.6 Å². The maximum absolute atomic E-state index is 13.3. The van der Waals surface area contributed by atoms with Gasteiger partial charge in [-0.15, -0.1) is 0 Å². The summed E-state index contributed by atoms with van der Waals surface area (Å²) in [6.45, 7) is 3.80. The highest BCUT2D eigenvalue weighted by molar-refractivity contribution is 6.02. The summed E-state index contributed by atoms with van der Waals surface area (Å²) in [6.07, 6.45) is 7.20. The Kier molecular flexibility index (Phi) is 9.69. The number of unbranched alkanes of at least 4 members (excludes halogenated alkanes) is 1. The van der Waals surface area contributed by atoms with Crippen LogP contribution in [0, 0.1) is 5.92 Å². The second-order valence-corrected chi connectivity index (χ2v) is 8.99. The maximum Gasteiger partial charge on any atom is 0.323 e. The molecule has 1 fully saturated rings. The van der Waals surface area contributed by atoms with Gasteiger partial charge in [-0.1, -0.05) is 37.5 Å². The summed E-state index contributed by atoms with van der Waals surface area (Å²) in [5, 5.41) is 16.0. The molecule has 182 valence electrons. The smallest absolute Gasteiger partial charge is 0.323 e. The summed E-state index contributed by atoms with van der Waals surface area (Å²) < 4.78 is 5.28. The minimum atomic E-state index is -1.07. The summed E-state index contributed by atoms with van der Waals surface area (Å²) in [7, 11) is 0. The van der Waals surface area contributed by atoms with Crippen molar-refractivity contribution in [1.82, 2.24) is 10.6 Å². The van der Waals surface area contributed by atoms with Crippen LogP contribution in [0.3, 0.4) is 0 Å². The maximum atomic E-state index is 13.3. The van der Waals surface area contributed by atoms with Crippen LogP contribution in [0.25, 0.3) is 0 Å². The van der Waals surface area contributed by atoms with Gasteiger partial charge in [-0.25, -0.2) is 0 Å². The van der Waals surface area contributed by atoms with Gasteiger partial charge in [0.1, 0.15) is 12.6 Å². The molecule has 2 heterocycles. The standard InChI is InChI=1S/C25H37N3O5/c1-2-33-25(32)21(9-5-3-7-18-13-15-26-16-14-18)27-20-12-11-19-8-4-6-10-22(19)28(24(20)31)17-23(29)30/h4,6,8,10,18,20-21,26-27H,2-3,5,7,9,11-17H2,1H3,(H,29,30)/t20-,21+/m0/s1. The Morgan fingerprint density at radius 1 is 1.21 bits per heavy atom. The molecule has 0 aliphatic carbocycles. The van der Waals surface area contributed by atoms with Crippen LogP contribution in [-0.4, -0.2) is 61.3 Å². The summed E-state index contributed by atoms with van der Waals surface area (Å²) in [6, 6.07) is 6.17. The fourth-order valence-corrected chi connectivity index (χ4v) is 4.88. The van der Waals surface area contributed by atoms with Gasteiger partial charge >= 0.3 is 11.9 Å². The van der Waals surface area contributed by atoms with Crippen LogP contribution < -0.4 is 15.5 Å². The predicted molar refractivity (Wildman–Crippen MR) is 126 cm³/mol. The lowest BCUT2D eigenvalue weighted by molar-refractivity contribution is -0.146. The molecule has 8 nitrogen and oxygen atoms in total. The molecule has 0 bridgehead atoms. The molecule has 0 saturated carbocycles. The number of ether oxygens (including phenoxy) is 1. The first-order valence-corrected chi connectivity index (χ1v) is 12.2. The number of carbonyl (C=O) groups is 3. The number of carboxylic acid groups (broad SMARTS) is 1. The molecular formula is C25H37N3O5. The number of aliphatic carboxylic acids is 1. The van der Waals surface area contributed by atoms with E-state index in [1.165, 1.54) is 17.7 Å². The minimum Gasteiger partial charge on any atom is -0.480 e. The van der Waals surface area contributed by atoms with Crippen molar-refractivity contribution < 1.29 is 24.2 Å². The van der Waals surface area contributed by atoms with Gasteiger partial charge in [-0.2, -0.15) is 0 Å². The minimum absolute atomic E-state index is 0.279. The highest BCUT2D eigenvalue weighted by Gasteiger charge is 2.34. The Balaban J connectivity index is 1.65. The van der Waals surface area contributed by atoms with Crippen molar-refractivity contribution in [2.75, 3.05) is 31.1 Å². The number of hydrogen-bond acceptors (Lipinski definition) is 6. The molecule has 2 aliphatic heterocycles. The van der Waals surface area contributed by atoms with Crippen molar-refractivity contribution in [1.29, 1.82) is 0 Å². The van der Waals surface area contributed by atoms with E-state index in [0.29, 0.717) is 24.9 Å². The zero-order chi connectivity index (χ0) is 23.6. The third kappa shape index (κ3) is 7.27. The first-order chi connectivity index (χ1) is 16.0. The number of fused-ring (bicyclic) bond motifs is 1. The Morgan fingerprint density at radius 2 is 1.97 bits per heavy atom. The highest BCUT2D eigenvalue weighted by atomic mass is 16.5. The quantitative estimate of drug-likeness (QED) is 0.345. The van der Waals surface area contributed by atoms with Crippen LogP contribution >= 0.6 is 0 Å². The van der Waals surface area contributed by atoms with E-state index in [-0.39, 0.29) is 18.5 Å². The average Bonchev–Trinajstić information content (AvgIpc) is 2.93. The number of nitrogens with one attached hydrogen (secondary N) is 2. The van der Waals surface area contributed by atoms with Crippen LogP contribution in [0.4, 0.5) is 5.69 Å². The molecule has 2 aliphatic rings. The number of piperidine rings is 1. The largest absolute Gasteiger partial charge is 0.480 e. The third-order valence-electron chi connectivity index (χ3n) is 6.63. The molecule has 0 radical (unpaired) electrons. The van der Waals surface area contributed by atoms with Gasteiger partial charge in [0.15, 0.2) is 0 Å².